The molecule has 0 saturated heterocycles. The number of benzene rings is 2. The summed E-state index contributed by atoms with van der Waals surface area (Å²) in [6, 6.07) is 13.5. The number of hydrogen-bond donors (Lipinski definition) is 1. The predicted octanol–water partition coefficient (Wildman–Crippen LogP) is 8.69. The molecule has 1 aliphatic carbocycles. The molecule has 236 valence electrons. The Morgan fingerprint density at radius 3 is 2.26 bits per heavy atom. The number of aromatic nitrogens is 1. The number of halogens is 1. The van der Waals surface area contributed by atoms with Crippen molar-refractivity contribution in [1.82, 2.24) is 9.88 Å². The minimum absolute atomic E-state index is 0.112. The van der Waals surface area contributed by atoms with Crippen LogP contribution in [-0.4, -0.2) is 49.2 Å². The molecule has 2 aromatic carbocycles. The summed E-state index contributed by atoms with van der Waals surface area (Å²) in [5, 5.41) is 9.18. The molecular formula is C36H51FN2O4. The third kappa shape index (κ3) is 12.4. The zero-order valence-corrected chi connectivity index (χ0v) is 27.4. The minimum atomic E-state index is -0.805. The Kier molecular flexibility index (Phi) is 15.2. The monoisotopic (exact) mass is 594 g/mol. The number of aliphatic carboxylic acids is 1. The molecule has 1 fully saturated rings. The van der Waals surface area contributed by atoms with Crippen LogP contribution in [0, 0.1) is 18.7 Å². The summed E-state index contributed by atoms with van der Waals surface area (Å²) in [4.78, 5) is 17.1. The van der Waals surface area contributed by atoms with Crippen LogP contribution in [0.1, 0.15) is 87.7 Å². The second-order valence-electron chi connectivity index (χ2n) is 11.7. The van der Waals surface area contributed by atoms with Crippen LogP contribution in [0.3, 0.4) is 0 Å². The fourth-order valence-electron chi connectivity index (χ4n) is 4.14. The van der Waals surface area contributed by atoms with E-state index in [1.54, 1.807) is 13.0 Å². The van der Waals surface area contributed by atoms with Crippen molar-refractivity contribution in [2.75, 3.05) is 28.3 Å². The fourth-order valence-corrected chi connectivity index (χ4v) is 4.14. The normalized spacial score (nSPS) is 15.2. The number of methoxy groups -OCH3 is 1. The molecule has 1 N–H and O–H groups in total. The Morgan fingerprint density at radius 2 is 1.72 bits per heavy atom. The van der Waals surface area contributed by atoms with E-state index >= 15 is 0 Å². The van der Waals surface area contributed by atoms with Gasteiger partial charge in [-0.25, -0.2) is 9.37 Å². The van der Waals surface area contributed by atoms with Crippen LogP contribution < -0.4 is 9.47 Å². The van der Waals surface area contributed by atoms with Crippen molar-refractivity contribution in [3.05, 3.63) is 76.7 Å². The van der Waals surface area contributed by atoms with E-state index in [9.17, 15) is 14.3 Å². The van der Waals surface area contributed by atoms with Gasteiger partial charge in [-0.05, 0) is 81.2 Å². The van der Waals surface area contributed by atoms with Crippen LogP contribution in [0.5, 0.6) is 11.6 Å². The number of carboxylic acid groups (broad SMARTS) is 1. The quantitative estimate of drug-likeness (QED) is 0.295. The average molecular weight is 595 g/mol. The molecule has 0 spiro atoms. The summed E-state index contributed by atoms with van der Waals surface area (Å²) >= 11 is 0. The van der Waals surface area contributed by atoms with Gasteiger partial charge in [-0.15, -0.1) is 0 Å². The van der Waals surface area contributed by atoms with E-state index in [1.165, 1.54) is 45.4 Å². The number of carboxylic acids is 1. The van der Waals surface area contributed by atoms with Crippen LogP contribution in [0.25, 0.3) is 11.1 Å². The molecule has 1 saturated carbocycles. The van der Waals surface area contributed by atoms with Crippen LogP contribution in [-0.2, 0) is 17.6 Å². The SMILES string of the molecule is C1CC1.CCCC.CN(C)C.COc1cc(-c2ccc(C3CCc4ccc(CC(C)C(=O)O)cc4O3)cc2C)c(F)cn1. The van der Waals surface area contributed by atoms with Crippen LogP contribution in [0.2, 0.25) is 0 Å². The van der Waals surface area contributed by atoms with Crippen molar-refractivity contribution in [1.29, 1.82) is 0 Å². The average Bonchev–Trinajstić information content (AvgIpc) is 3.87. The van der Waals surface area contributed by atoms with Crippen molar-refractivity contribution in [2.24, 2.45) is 5.92 Å². The first kappa shape index (κ1) is 35.7. The number of fused-ring (bicyclic) bond motifs is 1. The second-order valence-corrected chi connectivity index (χ2v) is 11.7. The maximum atomic E-state index is 14.4. The standard InChI is InChI=1S/C26H26FNO4.C4H10.C3H9N.C3H6/c1-15-11-19(6-8-20(15)21-13-25(31-3)28-14-22(21)27)23-9-7-18-5-4-17(12-24(18)32-23)10-16(2)26(29)30;1-3-4-2;1-4(2)3;1-2-3-1/h4-6,8,11-14,16,23H,7,9-10H2,1-3H3,(H,29,30);3-4H2,1-2H3;1-3H3;1-3H2. The van der Waals surface area contributed by atoms with E-state index in [1.807, 2.05) is 69.4 Å². The van der Waals surface area contributed by atoms with Crippen LogP contribution in [0.15, 0.2) is 48.7 Å². The van der Waals surface area contributed by atoms with Gasteiger partial charge in [0, 0.05) is 11.6 Å². The molecule has 1 aromatic heterocycles. The van der Waals surface area contributed by atoms with Gasteiger partial charge in [-0.2, -0.15) is 0 Å². The van der Waals surface area contributed by atoms with E-state index in [0.29, 0.717) is 17.9 Å². The number of ether oxygens (including phenoxy) is 2. The van der Waals surface area contributed by atoms with E-state index in [4.69, 9.17) is 9.47 Å². The molecule has 0 amide bonds. The van der Waals surface area contributed by atoms with Crippen LogP contribution in [0.4, 0.5) is 4.39 Å². The maximum absolute atomic E-state index is 14.4. The summed E-state index contributed by atoms with van der Waals surface area (Å²) < 4.78 is 25.8. The lowest BCUT2D eigenvalue weighted by Crippen LogP contribution is -2.16. The third-order valence-corrected chi connectivity index (χ3v) is 6.85. The first-order valence-corrected chi connectivity index (χ1v) is 15.4. The van der Waals surface area contributed by atoms with Crippen molar-refractivity contribution in [3.63, 3.8) is 0 Å². The predicted molar refractivity (Wildman–Crippen MR) is 174 cm³/mol. The number of pyridine rings is 1. The summed E-state index contributed by atoms with van der Waals surface area (Å²) in [7, 11) is 7.51. The molecule has 3 aromatic rings. The summed E-state index contributed by atoms with van der Waals surface area (Å²) in [6.07, 6.45) is 10.4. The number of unbranched alkanes of at least 4 members (excludes halogenated alkanes) is 1. The second kappa shape index (κ2) is 18.3. The van der Waals surface area contributed by atoms with E-state index in [2.05, 4.69) is 18.8 Å². The smallest absolute Gasteiger partial charge is 0.306 e. The van der Waals surface area contributed by atoms with Gasteiger partial charge in [-0.3, -0.25) is 4.79 Å². The highest BCUT2D eigenvalue weighted by atomic mass is 19.1. The van der Waals surface area contributed by atoms with Gasteiger partial charge < -0.3 is 19.5 Å². The van der Waals surface area contributed by atoms with Gasteiger partial charge in [0.05, 0.1) is 19.2 Å². The molecule has 2 aliphatic rings. The molecular weight excluding hydrogens is 543 g/mol. The largest absolute Gasteiger partial charge is 0.485 e. The molecule has 0 bridgehead atoms. The minimum Gasteiger partial charge on any atom is -0.485 e. The van der Waals surface area contributed by atoms with Crippen molar-refractivity contribution < 1.29 is 23.8 Å². The van der Waals surface area contributed by atoms with E-state index in [-0.39, 0.29) is 6.10 Å². The van der Waals surface area contributed by atoms with Crippen LogP contribution >= 0.6 is 0 Å². The van der Waals surface area contributed by atoms with Gasteiger partial charge in [0.2, 0.25) is 5.88 Å². The van der Waals surface area contributed by atoms with Gasteiger partial charge in [0.15, 0.2) is 0 Å². The third-order valence-electron chi connectivity index (χ3n) is 6.85. The molecule has 0 radical (unpaired) electrons. The van der Waals surface area contributed by atoms with Crippen molar-refractivity contribution in [2.45, 2.75) is 85.2 Å². The van der Waals surface area contributed by atoms with E-state index < -0.39 is 17.7 Å². The van der Waals surface area contributed by atoms with E-state index in [0.717, 1.165) is 46.4 Å². The molecule has 2 atom stereocenters. The van der Waals surface area contributed by atoms with Gasteiger partial charge in [0.1, 0.15) is 17.7 Å². The molecule has 43 heavy (non-hydrogen) atoms. The Labute approximate surface area is 258 Å². The van der Waals surface area contributed by atoms with Crippen molar-refractivity contribution in [3.8, 4) is 22.8 Å². The summed E-state index contributed by atoms with van der Waals surface area (Å²) in [5.74, 6) is -0.476. The summed E-state index contributed by atoms with van der Waals surface area (Å²) in [5.41, 5.74) is 5.29. The number of nitrogens with zero attached hydrogens (tertiary/aromatic N) is 2. The number of hydrogen-bond acceptors (Lipinski definition) is 5. The number of rotatable bonds is 7. The lowest BCUT2D eigenvalue weighted by Gasteiger charge is -2.27. The lowest BCUT2D eigenvalue weighted by atomic mass is 9.92. The zero-order valence-electron chi connectivity index (χ0n) is 27.4. The summed E-state index contributed by atoms with van der Waals surface area (Å²) in [6.45, 7) is 8.02. The fraction of sp³-hybridized carbons (Fsp3) is 0.500. The Balaban J connectivity index is 0.000000500. The highest BCUT2D eigenvalue weighted by molar-refractivity contribution is 5.70. The highest BCUT2D eigenvalue weighted by Crippen LogP contribution is 2.37. The highest BCUT2D eigenvalue weighted by Gasteiger charge is 2.23. The Morgan fingerprint density at radius 1 is 1.07 bits per heavy atom. The first-order valence-electron chi connectivity index (χ1n) is 15.4. The lowest BCUT2D eigenvalue weighted by molar-refractivity contribution is -0.141. The Hall–Kier alpha value is -3.45. The van der Waals surface area contributed by atoms with Gasteiger partial charge in [0.25, 0.3) is 0 Å². The number of carbonyl (C=O) groups is 1. The molecule has 1 aliphatic heterocycles. The number of aryl methyl sites for hydroxylation is 2. The first-order chi connectivity index (χ1) is 20.5. The van der Waals surface area contributed by atoms with Gasteiger partial charge in [-0.1, -0.05) is 83.2 Å². The zero-order chi connectivity index (χ0) is 31.9. The molecule has 2 heterocycles. The molecule has 2 unspecified atom stereocenters. The molecule has 7 heteroatoms. The Bertz CT molecular complexity index is 1280. The molecule has 6 nitrogen and oxygen atoms in total. The van der Waals surface area contributed by atoms with Gasteiger partial charge >= 0.3 is 5.97 Å². The van der Waals surface area contributed by atoms with Crippen molar-refractivity contribution >= 4 is 5.97 Å². The topological polar surface area (TPSA) is 71.9 Å². The maximum Gasteiger partial charge on any atom is 0.306 e. The molecule has 5 rings (SSSR count).